The van der Waals surface area contributed by atoms with Crippen LogP contribution < -0.4 is 14.9 Å². The molecule has 0 radical (unpaired) electrons. The van der Waals surface area contributed by atoms with Gasteiger partial charge in [-0.15, -0.1) is 0 Å². The van der Waals surface area contributed by atoms with Crippen LogP contribution in [-0.4, -0.2) is 75.9 Å². The number of carbonyl (C=O) groups is 1. The van der Waals surface area contributed by atoms with Gasteiger partial charge in [0, 0.05) is 31.7 Å². The molecule has 7 heteroatoms. The zero-order chi connectivity index (χ0) is 16.7. The van der Waals surface area contributed by atoms with Crippen LogP contribution in [0.3, 0.4) is 0 Å². The van der Waals surface area contributed by atoms with E-state index in [4.69, 9.17) is 9.47 Å². The van der Waals surface area contributed by atoms with E-state index in [0.717, 1.165) is 31.7 Å². The molecule has 0 unspecified atom stereocenters. The average Bonchev–Trinajstić information content (AvgIpc) is 2.57. The number of methoxy groups -OCH3 is 2. The number of nitrogens with zero attached hydrogens (tertiary/aromatic N) is 3. The molecule has 1 N–H and O–H groups in total. The van der Waals surface area contributed by atoms with Crippen molar-refractivity contribution in [1.82, 2.24) is 15.2 Å². The standard InChI is InChI=1S/C16H24N4O3/c1-19-6-8-20(9-7-19)12-16(21)18-17-11-13-10-14(22-2)4-5-15(13)23-3/h4-5,10-11H,6-9,12H2,1-3H3,(H,18,21). The third-order valence-corrected chi connectivity index (χ3v) is 3.79. The Balaban J connectivity index is 1.87. The summed E-state index contributed by atoms with van der Waals surface area (Å²) in [6.45, 7) is 4.13. The summed E-state index contributed by atoms with van der Waals surface area (Å²) in [5, 5.41) is 4.01. The Morgan fingerprint density at radius 3 is 2.65 bits per heavy atom. The van der Waals surface area contributed by atoms with E-state index in [0.29, 0.717) is 18.0 Å². The molecule has 0 aromatic heterocycles. The highest BCUT2D eigenvalue weighted by Crippen LogP contribution is 2.22. The summed E-state index contributed by atoms with van der Waals surface area (Å²) in [7, 11) is 5.27. The first-order valence-electron chi connectivity index (χ1n) is 7.57. The Labute approximate surface area is 136 Å². The summed E-state index contributed by atoms with van der Waals surface area (Å²) in [6, 6.07) is 5.41. The molecular formula is C16H24N4O3. The highest BCUT2D eigenvalue weighted by molar-refractivity contribution is 5.86. The lowest BCUT2D eigenvalue weighted by molar-refractivity contribution is -0.122. The third-order valence-electron chi connectivity index (χ3n) is 3.79. The van der Waals surface area contributed by atoms with E-state index in [-0.39, 0.29) is 5.91 Å². The summed E-state index contributed by atoms with van der Waals surface area (Å²) >= 11 is 0. The molecule has 7 nitrogen and oxygen atoms in total. The van der Waals surface area contributed by atoms with Gasteiger partial charge in [-0.25, -0.2) is 5.43 Å². The third kappa shape index (κ3) is 5.22. The number of hydrogen-bond acceptors (Lipinski definition) is 6. The van der Waals surface area contributed by atoms with Crippen LogP contribution >= 0.6 is 0 Å². The smallest absolute Gasteiger partial charge is 0.254 e. The normalized spacial score (nSPS) is 16.5. The largest absolute Gasteiger partial charge is 0.497 e. The van der Waals surface area contributed by atoms with Crippen molar-refractivity contribution in [2.75, 3.05) is 54.0 Å². The van der Waals surface area contributed by atoms with Crippen LogP contribution in [0, 0.1) is 0 Å². The molecule has 0 saturated carbocycles. The van der Waals surface area contributed by atoms with Gasteiger partial charge in [-0.1, -0.05) is 0 Å². The number of likely N-dealkylation sites (N-methyl/N-ethyl adjacent to an activating group) is 1. The number of carbonyl (C=O) groups excluding carboxylic acids is 1. The summed E-state index contributed by atoms with van der Waals surface area (Å²) in [4.78, 5) is 16.3. The van der Waals surface area contributed by atoms with Crippen molar-refractivity contribution in [2.45, 2.75) is 0 Å². The first-order valence-corrected chi connectivity index (χ1v) is 7.57. The Bertz CT molecular complexity index is 554. The van der Waals surface area contributed by atoms with E-state index in [1.54, 1.807) is 32.6 Å². The molecule has 1 aromatic rings. The van der Waals surface area contributed by atoms with E-state index in [2.05, 4.69) is 27.4 Å². The van der Waals surface area contributed by atoms with Crippen LogP contribution in [0.15, 0.2) is 23.3 Å². The summed E-state index contributed by atoms with van der Waals surface area (Å²) in [6.07, 6.45) is 1.56. The van der Waals surface area contributed by atoms with E-state index in [1.165, 1.54) is 0 Å². The van der Waals surface area contributed by atoms with Gasteiger partial charge in [-0.2, -0.15) is 5.10 Å². The molecule has 1 amide bonds. The zero-order valence-corrected chi connectivity index (χ0v) is 13.9. The number of hydrogen-bond donors (Lipinski definition) is 1. The first-order chi connectivity index (χ1) is 11.1. The Morgan fingerprint density at radius 1 is 1.26 bits per heavy atom. The minimum absolute atomic E-state index is 0.118. The van der Waals surface area contributed by atoms with Gasteiger partial charge >= 0.3 is 0 Å². The molecule has 23 heavy (non-hydrogen) atoms. The molecule has 1 heterocycles. The minimum atomic E-state index is -0.118. The fraction of sp³-hybridized carbons (Fsp3) is 0.500. The molecule has 0 atom stereocenters. The van der Waals surface area contributed by atoms with Gasteiger partial charge in [0.25, 0.3) is 5.91 Å². The number of ether oxygens (including phenoxy) is 2. The second-order valence-corrected chi connectivity index (χ2v) is 5.48. The first kappa shape index (κ1) is 17.2. The van der Waals surface area contributed by atoms with Crippen LogP contribution in [-0.2, 0) is 4.79 Å². The summed E-state index contributed by atoms with van der Waals surface area (Å²) in [5.74, 6) is 1.26. The lowest BCUT2D eigenvalue weighted by Gasteiger charge is -2.31. The molecule has 1 aromatic carbocycles. The van der Waals surface area contributed by atoms with Gasteiger partial charge < -0.3 is 14.4 Å². The van der Waals surface area contributed by atoms with Gasteiger partial charge in [-0.05, 0) is 25.2 Å². The molecule has 1 fully saturated rings. The molecule has 126 valence electrons. The van der Waals surface area contributed by atoms with Gasteiger partial charge in [-0.3, -0.25) is 9.69 Å². The number of piperazine rings is 1. The van der Waals surface area contributed by atoms with E-state index >= 15 is 0 Å². The van der Waals surface area contributed by atoms with E-state index in [1.807, 2.05) is 6.07 Å². The number of hydrazone groups is 1. The molecule has 0 bridgehead atoms. The zero-order valence-electron chi connectivity index (χ0n) is 13.9. The van der Waals surface area contributed by atoms with Crippen molar-refractivity contribution in [3.8, 4) is 11.5 Å². The second-order valence-electron chi connectivity index (χ2n) is 5.48. The second kappa shape index (κ2) is 8.50. The topological polar surface area (TPSA) is 66.4 Å². The van der Waals surface area contributed by atoms with Crippen molar-refractivity contribution in [1.29, 1.82) is 0 Å². The number of rotatable bonds is 6. The lowest BCUT2D eigenvalue weighted by Crippen LogP contribution is -2.47. The summed E-state index contributed by atoms with van der Waals surface area (Å²) < 4.78 is 10.4. The van der Waals surface area contributed by atoms with E-state index < -0.39 is 0 Å². The van der Waals surface area contributed by atoms with Crippen LogP contribution in [0.4, 0.5) is 0 Å². The van der Waals surface area contributed by atoms with Gasteiger partial charge in [0.15, 0.2) is 0 Å². The monoisotopic (exact) mass is 320 g/mol. The summed E-state index contributed by atoms with van der Waals surface area (Å²) in [5.41, 5.74) is 3.30. The molecule has 0 spiro atoms. The SMILES string of the molecule is COc1ccc(OC)c(C=NNC(=O)CN2CCN(C)CC2)c1. The maximum atomic E-state index is 11.9. The number of nitrogens with one attached hydrogen (secondary N) is 1. The van der Waals surface area contributed by atoms with Gasteiger partial charge in [0.2, 0.25) is 0 Å². The van der Waals surface area contributed by atoms with Crippen molar-refractivity contribution in [3.63, 3.8) is 0 Å². The quantitative estimate of drug-likeness (QED) is 0.607. The molecule has 1 saturated heterocycles. The lowest BCUT2D eigenvalue weighted by atomic mass is 10.2. The predicted octanol–water partition coefficient (Wildman–Crippen LogP) is 0.401. The number of amides is 1. The Kier molecular flexibility index (Phi) is 6.37. The average molecular weight is 320 g/mol. The van der Waals surface area contributed by atoms with Crippen molar-refractivity contribution >= 4 is 12.1 Å². The molecule has 2 rings (SSSR count). The van der Waals surface area contributed by atoms with Crippen LogP contribution in [0.5, 0.6) is 11.5 Å². The van der Waals surface area contributed by atoms with Crippen molar-refractivity contribution in [2.24, 2.45) is 5.10 Å². The van der Waals surface area contributed by atoms with Gasteiger partial charge in [0.05, 0.1) is 27.0 Å². The predicted molar refractivity (Wildman–Crippen MR) is 89.2 cm³/mol. The Morgan fingerprint density at radius 2 is 2.00 bits per heavy atom. The van der Waals surface area contributed by atoms with Crippen LogP contribution in [0.25, 0.3) is 0 Å². The van der Waals surface area contributed by atoms with Crippen LogP contribution in [0.1, 0.15) is 5.56 Å². The fourth-order valence-electron chi connectivity index (χ4n) is 2.36. The highest BCUT2D eigenvalue weighted by Gasteiger charge is 2.16. The highest BCUT2D eigenvalue weighted by atomic mass is 16.5. The fourth-order valence-corrected chi connectivity index (χ4v) is 2.36. The molecule has 1 aliphatic rings. The maximum absolute atomic E-state index is 11.9. The van der Waals surface area contributed by atoms with E-state index in [9.17, 15) is 4.79 Å². The molecule has 1 aliphatic heterocycles. The number of benzene rings is 1. The van der Waals surface area contributed by atoms with Gasteiger partial charge in [0.1, 0.15) is 11.5 Å². The molecule has 0 aliphatic carbocycles. The maximum Gasteiger partial charge on any atom is 0.254 e. The minimum Gasteiger partial charge on any atom is -0.497 e. The van der Waals surface area contributed by atoms with Crippen molar-refractivity contribution in [3.05, 3.63) is 23.8 Å². The molecular weight excluding hydrogens is 296 g/mol. The van der Waals surface area contributed by atoms with Crippen LogP contribution in [0.2, 0.25) is 0 Å². The van der Waals surface area contributed by atoms with Crippen molar-refractivity contribution < 1.29 is 14.3 Å². The Hall–Kier alpha value is -2.12.